The zero-order valence-corrected chi connectivity index (χ0v) is 13.5. The Hall–Kier alpha value is -2.02. The lowest BCUT2D eigenvalue weighted by molar-refractivity contribution is -0.128. The van der Waals surface area contributed by atoms with Crippen molar-refractivity contribution in [3.8, 4) is 0 Å². The lowest BCUT2D eigenvalue weighted by atomic mass is 10.1. The first-order valence-electron chi connectivity index (χ1n) is 7.49. The van der Waals surface area contributed by atoms with E-state index in [2.05, 4.69) is 34.0 Å². The molecule has 1 saturated heterocycles. The lowest BCUT2D eigenvalue weighted by Crippen LogP contribution is -2.61. The molecule has 120 valence electrons. The molecular weight excluding hydrogens is 282 g/mol. The van der Waals surface area contributed by atoms with Gasteiger partial charge in [-0.3, -0.25) is 19.5 Å². The molecule has 1 aliphatic rings. The predicted octanol–water partition coefficient (Wildman–Crippen LogP) is 0.0658. The molecule has 2 amide bonds. The van der Waals surface area contributed by atoms with Crippen molar-refractivity contribution in [2.24, 2.45) is 0 Å². The van der Waals surface area contributed by atoms with E-state index in [-0.39, 0.29) is 23.9 Å². The molecule has 1 atom stereocenters. The summed E-state index contributed by atoms with van der Waals surface area (Å²) in [6, 6.07) is -0.0835. The molecular formula is C15H23N5O2. The Morgan fingerprint density at radius 3 is 2.55 bits per heavy atom. The van der Waals surface area contributed by atoms with Crippen LogP contribution in [-0.4, -0.2) is 70.3 Å². The number of hydrogen-bond acceptors (Lipinski definition) is 5. The minimum absolute atomic E-state index is 0.0683. The monoisotopic (exact) mass is 305 g/mol. The Balaban J connectivity index is 2.15. The van der Waals surface area contributed by atoms with E-state index in [1.165, 1.54) is 6.20 Å². The number of amides is 2. The Morgan fingerprint density at radius 1 is 1.27 bits per heavy atom. The van der Waals surface area contributed by atoms with Crippen molar-refractivity contribution in [2.45, 2.75) is 32.9 Å². The van der Waals surface area contributed by atoms with Crippen molar-refractivity contribution in [3.63, 3.8) is 0 Å². The molecule has 2 rings (SSSR count). The first-order valence-corrected chi connectivity index (χ1v) is 7.49. The van der Waals surface area contributed by atoms with Crippen LogP contribution in [0.2, 0.25) is 0 Å². The van der Waals surface area contributed by atoms with Gasteiger partial charge in [0.1, 0.15) is 11.7 Å². The predicted molar refractivity (Wildman–Crippen MR) is 82.4 cm³/mol. The molecule has 0 unspecified atom stereocenters. The van der Waals surface area contributed by atoms with Gasteiger partial charge in [-0.2, -0.15) is 0 Å². The second-order valence-electron chi connectivity index (χ2n) is 5.76. The van der Waals surface area contributed by atoms with Crippen molar-refractivity contribution in [1.82, 2.24) is 25.1 Å². The van der Waals surface area contributed by atoms with Crippen LogP contribution in [0.1, 0.15) is 30.0 Å². The van der Waals surface area contributed by atoms with Crippen LogP contribution in [0.3, 0.4) is 0 Å². The Labute approximate surface area is 130 Å². The second-order valence-corrected chi connectivity index (χ2v) is 5.76. The van der Waals surface area contributed by atoms with Crippen LogP contribution in [0.25, 0.3) is 0 Å². The van der Waals surface area contributed by atoms with Crippen LogP contribution in [0.4, 0.5) is 0 Å². The summed E-state index contributed by atoms with van der Waals surface area (Å²) in [5.41, 5.74) is 1.09. The molecule has 22 heavy (non-hydrogen) atoms. The van der Waals surface area contributed by atoms with Gasteiger partial charge in [-0.15, -0.1) is 0 Å². The number of carbonyl (C=O) groups is 2. The molecule has 1 aliphatic heterocycles. The molecule has 2 heterocycles. The van der Waals surface area contributed by atoms with Gasteiger partial charge >= 0.3 is 0 Å². The summed E-state index contributed by atoms with van der Waals surface area (Å²) in [6.45, 7) is 7.55. The van der Waals surface area contributed by atoms with Crippen molar-refractivity contribution >= 4 is 11.8 Å². The van der Waals surface area contributed by atoms with E-state index in [0.717, 1.165) is 5.69 Å². The molecule has 7 nitrogen and oxygen atoms in total. The summed E-state index contributed by atoms with van der Waals surface area (Å²) in [4.78, 5) is 36.7. The molecule has 0 aromatic carbocycles. The zero-order chi connectivity index (χ0) is 16.3. The quantitative estimate of drug-likeness (QED) is 0.855. The molecule has 0 bridgehead atoms. The van der Waals surface area contributed by atoms with Crippen LogP contribution in [-0.2, 0) is 4.79 Å². The highest BCUT2D eigenvalue weighted by Crippen LogP contribution is 2.15. The van der Waals surface area contributed by atoms with Crippen molar-refractivity contribution in [3.05, 3.63) is 23.8 Å². The van der Waals surface area contributed by atoms with E-state index >= 15 is 0 Å². The molecule has 7 heteroatoms. The van der Waals surface area contributed by atoms with E-state index in [1.807, 2.05) is 6.92 Å². The highest BCUT2D eigenvalue weighted by Gasteiger charge is 2.35. The molecule has 0 spiro atoms. The third-order valence-corrected chi connectivity index (χ3v) is 3.92. The third-order valence-electron chi connectivity index (χ3n) is 3.92. The highest BCUT2D eigenvalue weighted by atomic mass is 16.2. The van der Waals surface area contributed by atoms with Crippen molar-refractivity contribution < 1.29 is 9.59 Å². The fourth-order valence-corrected chi connectivity index (χ4v) is 2.66. The van der Waals surface area contributed by atoms with Gasteiger partial charge in [0.25, 0.3) is 5.91 Å². The summed E-state index contributed by atoms with van der Waals surface area (Å²) in [5, 5.41) is 2.68. The summed E-state index contributed by atoms with van der Waals surface area (Å²) in [7, 11) is 1.62. The van der Waals surface area contributed by atoms with Gasteiger partial charge < -0.3 is 10.2 Å². The van der Waals surface area contributed by atoms with Gasteiger partial charge in [0.15, 0.2) is 0 Å². The van der Waals surface area contributed by atoms with Crippen LogP contribution >= 0.6 is 0 Å². The maximum atomic E-state index is 12.5. The number of piperazine rings is 1. The van der Waals surface area contributed by atoms with E-state index in [4.69, 9.17) is 0 Å². The van der Waals surface area contributed by atoms with E-state index in [1.54, 1.807) is 18.1 Å². The second kappa shape index (κ2) is 6.83. The Bertz CT molecular complexity index is 543. The van der Waals surface area contributed by atoms with Gasteiger partial charge in [-0.05, 0) is 20.8 Å². The first-order chi connectivity index (χ1) is 10.4. The average Bonchev–Trinajstić information content (AvgIpc) is 2.53. The topological polar surface area (TPSA) is 78.4 Å². The summed E-state index contributed by atoms with van der Waals surface area (Å²) in [6.07, 6.45) is 3.06. The summed E-state index contributed by atoms with van der Waals surface area (Å²) in [5.74, 6) is -0.244. The third kappa shape index (κ3) is 3.41. The standard InChI is InChI=1S/C15H23N5O2/c1-10(2)20-6-5-19(9-13(20)14(21)16-4)15(22)12-8-17-11(3)7-18-12/h7-8,10,13H,5-6,9H2,1-4H3,(H,16,21)/t13-/m0/s1. The Morgan fingerprint density at radius 2 is 2.00 bits per heavy atom. The average molecular weight is 305 g/mol. The normalized spacial score (nSPS) is 19.3. The van der Waals surface area contributed by atoms with Crippen molar-refractivity contribution in [1.29, 1.82) is 0 Å². The Kier molecular flexibility index (Phi) is 5.07. The lowest BCUT2D eigenvalue weighted by Gasteiger charge is -2.42. The number of aryl methyl sites for hydroxylation is 1. The number of nitrogens with one attached hydrogen (secondary N) is 1. The largest absolute Gasteiger partial charge is 0.358 e. The van der Waals surface area contributed by atoms with Crippen LogP contribution in [0, 0.1) is 6.92 Å². The van der Waals surface area contributed by atoms with E-state index in [0.29, 0.717) is 25.3 Å². The highest BCUT2D eigenvalue weighted by molar-refractivity contribution is 5.93. The van der Waals surface area contributed by atoms with E-state index in [9.17, 15) is 9.59 Å². The number of nitrogens with zero attached hydrogens (tertiary/aromatic N) is 4. The molecule has 1 fully saturated rings. The number of carbonyl (C=O) groups excluding carboxylic acids is 2. The SMILES string of the molecule is CNC(=O)[C@@H]1CN(C(=O)c2cnc(C)cn2)CCN1C(C)C. The summed E-state index contributed by atoms with van der Waals surface area (Å²) < 4.78 is 0. The van der Waals surface area contributed by atoms with Crippen LogP contribution in [0.15, 0.2) is 12.4 Å². The van der Waals surface area contributed by atoms with Crippen molar-refractivity contribution in [2.75, 3.05) is 26.7 Å². The molecule has 1 N–H and O–H groups in total. The minimum atomic E-state index is -0.332. The maximum absolute atomic E-state index is 12.5. The van der Waals surface area contributed by atoms with Gasteiger partial charge in [-0.25, -0.2) is 4.98 Å². The number of hydrogen-bond donors (Lipinski definition) is 1. The summed E-state index contributed by atoms with van der Waals surface area (Å²) >= 11 is 0. The molecule has 1 aromatic heterocycles. The molecule has 1 aromatic rings. The smallest absolute Gasteiger partial charge is 0.274 e. The van der Waals surface area contributed by atoms with Gasteiger partial charge in [0.2, 0.25) is 5.91 Å². The van der Waals surface area contributed by atoms with Gasteiger partial charge in [0.05, 0.1) is 11.9 Å². The fraction of sp³-hybridized carbons (Fsp3) is 0.600. The zero-order valence-electron chi connectivity index (χ0n) is 13.5. The van der Waals surface area contributed by atoms with Crippen LogP contribution < -0.4 is 5.32 Å². The first kappa shape index (κ1) is 16.4. The fourth-order valence-electron chi connectivity index (χ4n) is 2.66. The number of likely N-dealkylation sites (N-methyl/N-ethyl adjacent to an activating group) is 1. The molecule has 0 radical (unpaired) electrons. The van der Waals surface area contributed by atoms with Gasteiger partial charge in [-0.1, -0.05) is 0 Å². The number of aromatic nitrogens is 2. The molecule has 0 saturated carbocycles. The van der Waals surface area contributed by atoms with E-state index < -0.39 is 0 Å². The van der Waals surface area contributed by atoms with Crippen LogP contribution in [0.5, 0.6) is 0 Å². The van der Waals surface area contributed by atoms with Gasteiger partial charge in [0, 0.05) is 38.9 Å². The minimum Gasteiger partial charge on any atom is -0.358 e. The maximum Gasteiger partial charge on any atom is 0.274 e. The number of rotatable bonds is 3. The molecule has 0 aliphatic carbocycles.